The van der Waals surface area contributed by atoms with E-state index in [2.05, 4.69) is 38.1 Å². The van der Waals surface area contributed by atoms with Crippen LogP contribution < -0.4 is 5.32 Å². The van der Waals surface area contributed by atoms with E-state index in [1.54, 1.807) is 6.20 Å². The monoisotopic (exact) mass is 342 g/mol. The molecule has 1 saturated heterocycles. The number of nitrogens with zero attached hydrogens (tertiary/aromatic N) is 3. The molecule has 0 bridgehead atoms. The van der Waals surface area contributed by atoms with E-state index in [0.29, 0.717) is 16.2 Å². The van der Waals surface area contributed by atoms with E-state index in [1.807, 2.05) is 0 Å². The second kappa shape index (κ2) is 6.99. The number of pyridine rings is 1. The first kappa shape index (κ1) is 15.2. The summed E-state index contributed by atoms with van der Waals surface area (Å²) < 4.78 is 0.617. The van der Waals surface area contributed by atoms with Crippen molar-refractivity contribution in [3.05, 3.63) is 26.9 Å². The van der Waals surface area contributed by atoms with Crippen LogP contribution in [0.3, 0.4) is 0 Å². The van der Waals surface area contributed by atoms with E-state index in [1.165, 1.54) is 6.07 Å². The van der Waals surface area contributed by atoms with Crippen molar-refractivity contribution in [1.82, 2.24) is 9.88 Å². The van der Waals surface area contributed by atoms with Gasteiger partial charge in [0.2, 0.25) is 5.82 Å². The topological polar surface area (TPSA) is 71.3 Å². The third kappa shape index (κ3) is 3.89. The van der Waals surface area contributed by atoms with Crippen molar-refractivity contribution in [1.29, 1.82) is 0 Å². The van der Waals surface area contributed by atoms with Gasteiger partial charge in [0.15, 0.2) is 0 Å². The molecule has 110 valence electrons. The normalized spacial score (nSPS) is 17.1. The van der Waals surface area contributed by atoms with Crippen LogP contribution in [0.25, 0.3) is 0 Å². The Hall–Kier alpha value is -1.21. The Morgan fingerprint density at radius 2 is 2.25 bits per heavy atom. The highest BCUT2D eigenvalue weighted by atomic mass is 79.9. The van der Waals surface area contributed by atoms with E-state index >= 15 is 0 Å². The molecule has 1 aromatic heterocycles. The van der Waals surface area contributed by atoms with Crippen LogP contribution in [-0.2, 0) is 0 Å². The van der Waals surface area contributed by atoms with Crippen molar-refractivity contribution in [3.8, 4) is 0 Å². The van der Waals surface area contributed by atoms with Gasteiger partial charge in [0.25, 0.3) is 0 Å². The van der Waals surface area contributed by atoms with Gasteiger partial charge in [-0.25, -0.2) is 4.98 Å². The van der Waals surface area contributed by atoms with Crippen molar-refractivity contribution in [2.24, 2.45) is 5.92 Å². The van der Waals surface area contributed by atoms with Crippen LogP contribution >= 0.6 is 15.9 Å². The average molecular weight is 343 g/mol. The Labute approximate surface area is 126 Å². The standard InChI is InChI=1S/C13H19BrN4O2/c1-2-17-5-3-10(4-6-17)8-15-13-12(18(19)20)7-11(14)9-16-13/h7,9-10H,2-6,8H2,1H3,(H,15,16). The molecular weight excluding hydrogens is 324 g/mol. The summed E-state index contributed by atoms with van der Waals surface area (Å²) in [5, 5.41) is 14.1. The van der Waals surface area contributed by atoms with Gasteiger partial charge in [-0.15, -0.1) is 0 Å². The third-order valence-electron chi connectivity index (χ3n) is 3.74. The van der Waals surface area contributed by atoms with Gasteiger partial charge in [-0.3, -0.25) is 10.1 Å². The SMILES string of the molecule is CCN1CCC(CNc2ncc(Br)cc2[N+](=O)[O-])CC1. The van der Waals surface area contributed by atoms with Gasteiger partial charge < -0.3 is 10.2 Å². The molecule has 0 amide bonds. The maximum Gasteiger partial charge on any atom is 0.312 e. The fourth-order valence-corrected chi connectivity index (χ4v) is 2.77. The van der Waals surface area contributed by atoms with Gasteiger partial charge in [0.05, 0.1) is 4.92 Å². The molecule has 2 rings (SSSR count). The number of nitro groups is 1. The molecular formula is C13H19BrN4O2. The van der Waals surface area contributed by atoms with E-state index in [9.17, 15) is 10.1 Å². The first-order valence-corrected chi connectivity index (χ1v) is 7.65. The first-order valence-electron chi connectivity index (χ1n) is 6.86. The van der Waals surface area contributed by atoms with Crippen molar-refractivity contribution in [3.63, 3.8) is 0 Å². The smallest absolute Gasteiger partial charge is 0.312 e. The lowest BCUT2D eigenvalue weighted by Crippen LogP contribution is -2.35. The van der Waals surface area contributed by atoms with Gasteiger partial charge >= 0.3 is 5.69 Å². The predicted molar refractivity (Wildman–Crippen MR) is 81.9 cm³/mol. The van der Waals surface area contributed by atoms with Crippen LogP contribution in [0.4, 0.5) is 11.5 Å². The first-order chi connectivity index (χ1) is 9.60. The molecule has 1 N–H and O–H groups in total. The average Bonchev–Trinajstić information content (AvgIpc) is 2.46. The number of rotatable bonds is 5. The summed E-state index contributed by atoms with van der Waals surface area (Å²) in [6, 6.07) is 1.48. The van der Waals surface area contributed by atoms with E-state index in [4.69, 9.17) is 0 Å². The Morgan fingerprint density at radius 3 is 2.85 bits per heavy atom. The summed E-state index contributed by atoms with van der Waals surface area (Å²) in [6.45, 7) is 6.23. The number of piperidine rings is 1. The quantitative estimate of drug-likeness (QED) is 0.657. The summed E-state index contributed by atoms with van der Waals surface area (Å²) >= 11 is 3.21. The summed E-state index contributed by atoms with van der Waals surface area (Å²) in [4.78, 5) is 17.1. The lowest BCUT2D eigenvalue weighted by atomic mass is 9.97. The minimum atomic E-state index is -0.403. The number of nitrogens with one attached hydrogen (secondary N) is 1. The zero-order valence-electron chi connectivity index (χ0n) is 11.5. The van der Waals surface area contributed by atoms with Gasteiger partial charge in [-0.05, 0) is 54.3 Å². The maximum atomic E-state index is 11.0. The van der Waals surface area contributed by atoms with E-state index in [-0.39, 0.29) is 5.69 Å². The zero-order chi connectivity index (χ0) is 14.5. The Kier molecular flexibility index (Phi) is 5.31. The third-order valence-corrected chi connectivity index (χ3v) is 4.18. The Balaban J connectivity index is 1.93. The second-order valence-electron chi connectivity index (χ2n) is 5.04. The van der Waals surface area contributed by atoms with Crippen LogP contribution in [0.5, 0.6) is 0 Å². The lowest BCUT2D eigenvalue weighted by Gasteiger charge is -2.31. The Bertz CT molecular complexity index is 475. The summed E-state index contributed by atoms with van der Waals surface area (Å²) in [5.41, 5.74) is 0.0189. The molecule has 1 aliphatic rings. The van der Waals surface area contributed by atoms with Crippen LogP contribution in [0.15, 0.2) is 16.7 Å². The van der Waals surface area contributed by atoms with Gasteiger partial charge in [0.1, 0.15) is 0 Å². The molecule has 0 spiro atoms. The fraction of sp³-hybridized carbons (Fsp3) is 0.615. The van der Waals surface area contributed by atoms with Crippen molar-refractivity contribution < 1.29 is 4.92 Å². The van der Waals surface area contributed by atoms with Crippen molar-refractivity contribution >= 4 is 27.4 Å². The number of hydrogen-bond acceptors (Lipinski definition) is 5. The number of hydrogen-bond donors (Lipinski definition) is 1. The molecule has 0 unspecified atom stereocenters. The van der Waals surface area contributed by atoms with E-state index in [0.717, 1.165) is 39.0 Å². The lowest BCUT2D eigenvalue weighted by molar-refractivity contribution is -0.384. The molecule has 1 aliphatic heterocycles. The molecule has 0 aromatic carbocycles. The minimum absolute atomic E-state index is 0.0189. The highest BCUT2D eigenvalue weighted by Gasteiger charge is 2.20. The highest BCUT2D eigenvalue weighted by molar-refractivity contribution is 9.10. The van der Waals surface area contributed by atoms with Gasteiger partial charge in [0, 0.05) is 23.3 Å². The summed E-state index contributed by atoms with van der Waals surface area (Å²) in [7, 11) is 0. The molecule has 20 heavy (non-hydrogen) atoms. The molecule has 1 fully saturated rings. The minimum Gasteiger partial charge on any atom is -0.364 e. The molecule has 7 heteroatoms. The van der Waals surface area contributed by atoms with Gasteiger partial charge in [-0.2, -0.15) is 0 Å². The second-order valence-corrected chi connectivity index (χ2v) is 5.95. The number of anilines is 1. The maximum absolute atomic E-state index is 11.0. The molecule has 6 nitrogen and oxygen atoms in total. The molecule has 0 saturated carbocycles. The van der Waals surface area contributed by atoms with Crippen LogP contribution in [0.1, 0.15) is 19.8 Å². The molecule has 0 atom stereocenters. The Morgan fingerprint density at radius 1 is 1.55 bits per heavy atom. The largest absolute Gasteiger partial charge is 0.364 e. The van der Waals surface area contributed by atoms with Gasteiger partial charge in [-0.1, -0.05) is 6.92 Å². The molecule has 0 radical (unpaired) electrons. The molecule has 1 aromatic rings. The van der Waals surface area contributed by atoms with Crippen LogP contribution in [-0.4, -0.2) is 41.0 Å². The predicted octanol–water partition coefficient (Wildman–Crippen LogP) is 2.90. The highest BCUT2D eigenvalue weighted by Crippen LogP contribution is 2.26. The van der Waals surface area contributed by atoms with Crippen molar-refractivity contribution in [2.75, 3.05) is 31.5 Å². The summed E-state index contributed by atoms with van der Waals surface area (Å²) in [5.74, 6) is 0.916. The van der Waals surface area contributed by atoms with Crippen LogP contribution in [0.2, 0.25) is 0 Å². The number of aromatic nitrogens is 1. The zero-order valence-corrected chi connectivity index (χ0v) is 13.1. The van der Waals surface area contributed by atoms with E-state index < -0.39 is 4.92 Å². The van der Waals surface area contributed by atoms with Crippen LogP contribution in [0, 0.1) is 16.0 Å². The fourth-order valence-electron chi connectivity index (χ4n) is 2.45. The molecule has 0 aliphatic carbocycles. The summed E-state index contributed by atoms with van der Waals surface area (Å²) in [6.07, 6.45) is 3.84. The number of likely N-dealkylation sites (tertiary alicyclic amines) is 1. The van der Waals surface area contributed by atoms with Crippen molar-refractivity contribution in [2.45, 2.75) is 19.8 Å². The molecule has 2 heterocycles. The number of halogens is 1.